The molecule has 1 N–H and O–H groups in total. The van der Waals surface area contributed by atoms with Gasteiger partial charge >= 0.3 is 17.9 Å². The Hall–Kier alpha value is -3.03. The number of carbonyl (C=O) groups excluding carboxylic acids is 2. The van der Waals surface area contributed by atoms with Crippen LogP contribution in [0, 0.1) is 12.3 Å². The molecule has 1 saturated carbocycles. The molecule has 0 radical (unpaired) electrons. The Morgan fingerprint density at radius 1 is 1.03 bits per heavy atom. The van der Waals surface area contributed by atoms with Gasteiger partial charge < -0.3 is 23.6 Å². The van der Waals surface area contributed by atoms with Crippen LogP contribution in [-0.2, 0) is 27.5 Å². The van der Waals surface area contributed by atoms with Gasteiger partial charge in [-0.05, 0) is 30.7 Å². The van der Waals surface area contributed by atoms with Gasteiger partial charge in [-0.1, -0.05) is 49.6 Å². The maximum atomic E-state index is 12.5. The minimum atomic E-state index is -0.832. The van der Waals surface area contributed by atoms with Gasteiger partial charge in [0.1, 0.15) is 6.61 Å². The third-order valence-corrected chi connectivity index (χ3v) is 5.45. The van der Waals surface area contributed by atoms with Crippen molar-refractivity contribution in [2.45, 2.75) is 58.7 Å². The topological polar surface area (TPSA) is 108 Å². The second kappa shape index (κ2) is 10.1. The summed E-state index contributed by atoms with van der Waals surface area (Å²) in [6, 6.07) is 9.53. The molecule has 1 aromatic carbocycles. The standard InChI is InChI=1S/C22H27NO7/c1-16-18(30-21(26)29-16)14-28-20(25)23-15-22(10-6-3-7-11-22)12-19(24)27-13-17-8-4-2-5-9-17/h2,4-5,8-9H,3,6-7,10-15H2,1H3,(H,23,25). The van der Waals surface area contributed by atoms with Crippen molar-refractivity contribution in [2.24, 2.45) is 5.41 Å². The molecule has 0 saturated heterocycles. The third-order valence-electron chi connectivity index (χ3n) is 5.45. The third kappa shape index (κ3) is 6.23. The van der Waals surface area contributed by atoms with Crippen LogP contribution >= 0.6 is 0 Å². The number of benzene rings is 1. The lowest BCUT2D eigenvalue weighted by Crippen LogP contribution is -2.40. The van der Waals surface area contributed by atoms with Crippen LogP contribution in [0.3, 0.4) is 0 Å². The highest BCUT2D eigenvalue weighted by molar-refractivity contribution is 5.71. The highest BCUT2D eigenvalue weighted by atomic mass is 16.6. The van der Waals surface area contributed by atoms with Crippen LogP contribution in [0.25, 0.3) is 0 Å². The Morgan fingerprint density at radius 2 is 1.77 bits per heavy atom. The van der Waals surface area contributed by atoms with E-state index in [2.05, 4.69) is 5.32 Å². The van der Waals surface area contributed by atoms with Gasteiger partial charge in [0.2, 0.25) is 0 Å². The van der Waals surface area contributed by atoms with Crippen LogP contribution in [-0.4, -0.2) is 18.6 Å². The first kappa shape index (κ1) is 21.7. The van der Waals surface area contributed by atoms with Gasteiger partial charge in [-0.15, -0.1) is 0 Å². The maximum absolute atomic E-state index is 12.5. The molecule has 1 aromatic heterocycles. The molecule has 0 spiro atoms. The van der Waals surface area contributed by atoms with Crippen LogP contribution in [0.15, 0.2) is 44.0 Å². The predicted molar refractivity (Wildman–Crippen MR) is 107 cm³/mol. The van der Waals surface area contributed by atoms with Crippen molar-refractivity contribution in [3.05, 3.63) is 58.0 Å². The number of hydrogen-bond donors (Lipinski definition) is 1. The van der Waals surface area contributed by atoms with E-state index in [0.717, 1.165) is 37.7 Å². The van der Waals surface area contributed by atoms with Gasteiger partial charge in [0.25, 0.3) is 0 Å². The summed E-state index contributed by atoms with van der Waals surface area (Å²) in [5, 5.41) is 2.75. The van der Waals surface area contributed by atoms with E-state index in [1.54, 1.807) is 6.92 Å². The number of carbonyl (C=O) groups is 2. The van der Waals surface area contributed by atoms with Gasteiger partial charge in [-0.25, -0.2) is 9.59 Å². The zero-order valence-electron chi connectivity index (χ0n) is 17.1. The lowest BCUT2D eigenvalue weighted by molar-refractivity contribution is -0.148. The summed E-state index contributed by atoms with van der Waals surface area (Å²) in [4.78, 5) is 35.6. The molecule has 1 heterocycles. The molecule has 30 heavy (non-hydrogen) atoms. The van der Waals surface area contributed by atoms with E-state index in [0.29, 0.717) is 6.54 Å². The van der Waals surface area contributed by atoms with Crippen LogP contribution in [0.2, 0.25) is 0 Å². The predicted octanol–water partition coefficient (Wildman–Crippen LogP) is 3.85. The Morgan fingerprint density at radius 3 is 2.43 bits per heavy atom. The smallest absolute Gasteiger partial charge is 0.461 e. The first-order chi connectivity index (χ1) is 14.5. The number of amides is 1. The van der Waals surface area contributed by atoms with Crippen LogP contribution in [0.1, 0.15) is 55.6 Å². The summed E-state index contributed by atoms with van der Waals surface area (Å²) in [7, 11) is 0. The Bertz CT molecular complexity index is 894. The van der Waals surface area contributed by atoms with Gasteiger partial charge in [-0.2, -0.15) is 0 Å². The fraction of sp³-hybridized carbons (Fsp3) is 0.500. The van der Waals surface area contributed by atoms with Gasteiger partial charge in [-0.3, -0.25) is 4.79 Å². The summed E-state index contributed by atoms with van der Waals surface area (Å²) in [6.07, 6.45) is 4.40. The number of aryl methyl sites for hydroxylation is 1. The highest BCUT2D eigenvalue weighted by Crippen LogP contribution is 2.39. The van der Waals surface area contributed by atoms with Gasteiger partial charge in [0, 0.05) is 6.54 Å². The van der Waals surface area contributed by atoms with Crippen LogP contribution in [0.5, 0.6) is 0 Å². The number of nitrogens with one attached hydrogen (secondary N) is 1. The van der Waals surface area contributed by atoms with Crippen molar-refractivity contribution in [1.82, 2.24) is 5.32 Å². The summed E-state index contributed by atoms with van der Waals surface area (Å²) < 4.78 is 20.1. The molecule has 0 atom stereocenters. The minimum absolute atomic E-state index is 0.173. The van der Waals surface area contributed by atoms with Gasteiger partial charge in [0.05, 0.1) is 6.42 Å². The van der Waals surface area contributed by atoms with Crippen molar-refractivity contribution in [3.63, 3.8) is 0 Å². The van der Waals surface area contributed by atoms with Crippen molar-refractivity contribution in [2.75, 3.05) is 6.54 Å². The Kier molecular flexibility index (Phi) is 7.32. The molecule has 0 aliphatic heterocycles. The molecule has 1 fully saturated rings. The molecule has 1 aliphatic carbocycles. The molecule has 8 nitrogen and oxygen atoms in total. The monoisotopic (exact) mass is 417 g/mol. The largest absolute Gasteiger partial charge is 0.519 e. The second-order valence-electron chi connectivity index (χ2n) is 7.75. The number of hydrogen-bond acceptors (Lipinski definition) is 7. The van der Waals surface area contributed by atoms with Crippen molar-refractivity contribution in [1.29, 1.82) is 0 Å². The van der Waals surface area contributed by atoms with Crippen LogP contribution in [0.4, 0.5) is 4.79 Å². The summed E-state index contributed by atoms with van der Waals surface area (Å²) in [6.45, 7) is 1.91. The SMILES string of the molecule is Cc1oc(=O)oc1COC(=O)NCC1(CC(=O)OCc2ccccc2)CCCCC1. The zero-order valence-corrected chi connectivity index (χ0v) is 17.1. The summed E-state index contributed by atoms with van der Waals surface area (Å²) in [5.74, 6) is -0.655. The van der Waals surface area contributed by atoms with E-state index in [-0.39, 0.29) is 42.5 Å². The molecule has 0 bridgehead atoms. The number of rotatable bonds is 8. The zero-order chi connectivity index (χ0) is 21.4. The lowest BCUT2D eigenvalue weighted by atomic mass is 9.71. The molecular weight excluding hydrogens is 390 g/mol. The van der Waals surface area contributed by atoms with E-state index in [1.165, 1.54) is 0 Å². The van der Waals surface area contributed by atoms with Crippen LogP contribution < -0.4 is 11.1 Å². The molecule has 2 aromatic rings. The van der Waals surface area contributed by atoms with Crippen molar-refractivity contribution < 1.29 is 27.9 Å². The molecule has 1 amide bonds. The van der Waals surface area contributed by atoms with Gasteiger partial charge in [0.15, 0.2) is 18.1 Å². The Balaban J connectivity index is 1.50. The van der Waals surface area contributed by atoms with E-state index >= 15 is 0 Å². The fourth-order valence-electron chi connectivity index (χ4n) is 3.76. The maximum Gasteiger partial charge on any atom is 0.519 e. The normalized spacial score (nSPS) is 15.4. The molecular formula is C22H27NO7. The van der Waals surface area contributed by atoms with E-state index in [9.17, 15) is 14.4 Å². The molecule has 0 unspecified atom stereocenters. The number of esters is 1. The number of alkyl carbamates (subject to hydrolysis) is 1. The molecule has 162 valence electrons. The first-order valence-electron chi connectivity index (χ1n) is 10.2. The van der Waals surface area contributed by atoms with E-state index < -0.39 is 11.9 Å². The molecule has 8 heteroatoms. The number of ether oxygens (including phenoxy) is 2. The summed E-state index contributed by atoms with van der Waals surface area (Å²) in [5.41, 5.74) is 0.592. The minimum Gasteiger partial charge on any atom is -0.461 e. The summed E-state index contributed by atoms with van der Waals surface area (Å²) >= 11 is 0. The van der Waals surface area contributed by atoms with Crippen molar-refractivity contribution >= 4 is 12.1 Å². The lowest BCUT2D eigenvalue weighted by Gasteiger charge is -2.36. The quantitative estimate of drug-likeness (QED) is 0.650. The van der Waals surface area contributed by atoms with E-state index in [4.69, 9.17) is 18.3 Å². The Labute approximate surface area is 174 Å². The average Bonchev–Trinajstić information content (AvgIpc) is 3.07. The molecule has 1 aliphatic rings. The highest BCUT2D eigenvalue weighted by Gasteiger charge is 2.35. The first-order valence-corrected chi connectivity index (χ1v) is 10.2. The second-order valence-corrected chi connectivity index (χ2v) is 7.75. The van der Waals surface area contributed by atoms with E-state index in [1.807, 2.05) is 30.3 Å². The average molecular weight is 417 g/mol. The fourth-order valence-corrected chi connectivity index (χ4v) is 3.76. The molecule has 3 rings (SSSR count). The van der Waals surface area contributed by atoms with Crippen molar-refractivity contribution in [3.8, 4) is 0 Å².